The Kier molecular flexibility index (Phi) is 6.50. The van der Waals surface area contributed by atoms with E-state index >= 15 is 0 Å². The molecule has 0 radical (unpaired) electrons. The average Bonchev–Trinajstić information content (AvgIpc) is 3.16. The van der Waals surface area contributed by atoms with Gasteiger partial charge >= 0.3 is 0 Å². The highest BCUT2D eigenvalue weighted by atomic mass is 16.5. The van der Waals surface area contributed by atoms with Gasteiger partial charge in [-0.2, -0.15) is 0 Å². The van der Waals surface area contributed by atoms with Crippen molar-refractivity contribution >= 4 is 21.8 Å². The zero-order valence-electron chi connectivity index (χ0n) is 19.5. The van der Waals surface area contributed by atoms with Crippen molar-refractivity contribution in [3.8, 4) is 0 Å². The molecule has 164 valence electrons. The summed E-state index contributed by atoms with van der Waals surface area (Å²) in [6.07, 6.45) is 2.21. The number of allylic oxidation sites excluding steroid dienone is 1. The standard InChI is InChI=1S/C30H33NO/c1-6-25(26-17-15-24(16-18-26)20-32-23(5)21(2)3)19-22(4)31-29-13-9-7-11-27(29)28-12-8-10-14-30(28)31/h7-18,22,25H,2,5-6,19-20H2,1,3-4H3. The number of aromatic nitrogens is 1. The second kappa shape index (κ2) is 9.48. The number of hydrogen-bond acceptors (Lipinski definition) is 1. The lowest BCUT2D eigenvalue weighted by Gasteiger charge is -2.23. The van der Waals surface area contributed by atoms with Crippen molar-refractivity contribution in [3.05, 3.63) is 108 Å². The molecule has 4 rings (SSSR count). The lowest BCUT2D eigenvalue weighted by atomic mass is 9.89. The summed E-state index contributed by atoms with van der Waals surface area (Å²) in [7, 11) is 0. The van der Waals surface area contributed by atoms with Crippen LogP contribution in [0.15, 0.2) is 97.3 Å². The topological polar surface area (TPSA) is 14.2 Å². The van der Waals surface area contributed by atoms with Gasteiger partial charge in [0.25, 0.3) is 0 Å². The molecule has 2 heteroatoms. The molecular formula is C30H33NO. The predicted octanol–water partition coefficient (Wildman–Crippen LogP) is 8.55. The Morgan fingerprint density at radius 2 is 1.44 bits per heavy atom. The fraction of sp³-hybridized carbons (Fsp3) is 0.267. The molecule has 2 nitrogen and oxygen atoms in total. The minimum Gasteiger partial charge on any atom is -0.489 e. The van der Waals surface area contributed by atoms with Crippen LogP contribution in [-0.2, 0) is 11.3 Å². The van der Waals surface area contributed by atoms with E-state index in [1.54, 1.807) is 0 Å². The zero-order chi connectivity index (χ0) is 22.7. The van der Waals surface area contributed by atoms with Crippen LogP contribution in [-0.4, -0.2) is 4.57 Å². The minimum atomic E-state index is 0.395. The number of nitrogens with zero attached hydrogens (tertiary/aromatic N) is 1. The Hall–Kier alpha value is -3.26. The van der Waals surface area contributed by atoms with E-state index in [9.17, 15) is 0 Å². The first-order chi connectivity index (χ1) is 15.5. The molecule has 0 aliphatic heterocycles. The van der Waals surface area contributed by atoms with Gasteiger partial charge in [-0.15, -0.1) is 0 Å². The number of hydrogen-bond donors (Lipinski definition) is 0. The third-order valence-electron chi connectivity index (χ3n) is 6.52. The number of ether oxygens (including phenoxy) is 1. The summed E-state index contributed by atoms with van der Waals surface area (Å²) in [5.41, 5.74) is 6.05. The normalized spacial score (nSPS) is 13.2. The van der Waals surface area contributed by atoms with Crippen molar-refractivity contribution in [2.45, 2.75) is 52.2 Å². The number of benzene rings is 3. The smallest absolute Gasteiger partial charge is 0.114 e. The van der Waals surface area contributed by atoms with Gasteiger partial charge < -0.3 is 9.30 Å². The number of fused-ring (bicyclic) bond motifs is 3. The third-order valence-corrected chi connectivity index (χ3v) is 6.52. The van der Waals surface area contributed by atoms with E-state index in [1.165, 1.54) is 27.4 Å². The van der Waals surface area contributed by atoms with Crippen LogP contribution >= 0.6 is 0 Å². The van der Waals surface area contributed by atoms with Crippen molar-refractivity contribution in [1.82, 2.24) is 4.57 Å². The fourth-order valence-corrected chi connectivity index (χ4v) is 4.66. The molecule has 2 atom stereocenters. The van der Waals surface area contributed by atoms with Crippen molar-refractivity contribution in [1.29, 1.82) is 0 Å². The van der Waals surface area contributed by atoms with Crippen LogP contribution in [0.5, 0.6) is 0 Å². The van der Waals surface area contributed by atoms with Crippen molar-refractivity contribution in [2.24, 2.45) is 0 Å². The predicted molar refractivity (Wildman–Crippen MR) is 137 cm³/mol. The second-order valence-electron chi connectivity index (χ2n) is 8.83. The summed E-state index contributed by atoms with van der Waals surface area (Å²) >= 11 is 0. The Bertz CT molecular complexity index is 1190. The Labute approximate surface area is 191 Å². The Morgan fingerprint density at radius 1 is 0.875 bits per heavy atom. The van der Waals surface area contributed by atoms with E-state index in [0.717, 1.165) is 24.0 Å². The molecule has 0 N–H and O–H groups in total. The Morgan fingerprint density at radius 3 is 1.97 bits per heavy atom. The second-order valence-corrected chi connectivity index (χ2v) is 8.83. The van der Waals surface area contributed by atoms with Crippen LogP contribution in [0.3, 0.4) is 0 Å². The monoisotopic (exact) mass is 423 g/mol. The quantitative estimate of drug-likeness (QED) is 0.194. The van der Waals surface area contributed by atoms with Crippen molar-refractivity contribution < 1.29 is 4.74 Å². The molecule has 0 amide bonds. The van der Waals surface area contributed by atoms with E-state index < -0.39 is 0 Å². The van der Waals surface area contributed by atoms with Gasteiger partial charge in [0.15, 0.2) is 0 Å². The van der Waals surface area contributed by atoms with Crippen LogP contribution in [0.1, 0.15) is 56.7 Å². The molecule has 0 bridgehead atoms. The molecule has 0 spiro atoms. The van der Waals surface area contributed by atoms with Crippen LogP contribution in [0.25, 0.3) is 21.8 Å². The highest BCUT2D eigenvalue weighted by molar-refractivity contribution is 6.08. The van der Waals surface area contributed by atoms with Gasteiger partial charge in [-0.1, -0.05) is 80.7 Å². The van der Waals surface area contributed by atoms with E-state index in [4.69, 9.17) is 4.74 Å². The molecule has 0 saturated carbocycles. The molecule has 0 saturated heterocycles. The molecule has 1 heterocycles. The first kappa shape index (κ1) is 22.0. The number of para-hydroxylation sites is 2. The summed E-state index contributed by atoms with van der Waals surface area (Å²) in [5, 5.41) is 2.67. The molecule has 2 unspecified atom stereocenters. The van der Waals surface area contributed by atoms with Crippen LogP contribution in [0.4, 0.5) is 0 Å². The van der Waals surface area contributed by atoms with Gasteiger partial charge in [-0.05, 0) is 61.4 Å². The SMILES string of the molecule is C=C(C)C(=C)OCc1ccc(C(CC)CC(C)n2c3ccccc3c3ccccc32)cc1. The lowest BCUT2D eigenvalue weighted by Crippen LogP contribution is -2.10. The molecule has 0 aliphatic carbocycles. The molecule has 4 aromatic rings. The van der Waals surface area contributed by atoms with E-state index in [2.05, 4.69) is 104 Å². The first-order valence-electron chi connectivity index (χ1n) is 11.5. The lowest BCUT2D eigenvalue weighted by molar-refractivity contribution is 0.208. The van der Waals surface area contributed by atoms with Gasteiger partial charge in [0, 0.05) is 27.8 Å². The van der Waals surface area contributed by atoms with E-state index in [1.807, 2.05) is 6.92 Å². The van der Waals surface area contributed by atoms with Crippen LogP contribution in [0.2, 0.25) is 0 Å². The number of rotatable bonds is 9. The van der Waals surface area contributed by atoms with Crippen LogP contribution < -0.4 is 0 Å². The highest BCUT2D eigenvalue weighted by Gasteiger charge is 2.19. The molecule has 1 aromatic heterocycles. The summed E-state index contributed by atoms with van der Waals surface area (Å²) in [6.45, 7) is 14.9. The summed E-state index contributed by atoms with van der Waals surface area (Å²) in [4.78, 5) is 0. The van der Waals surface area contributed by atoms with E-state index in [0.29, 0.717) is 24.3 Å². The fourth-order valence-electron chi connectivity index (χ4n) is 4.66. The highest BCUT2D eigenvalue weighted by Crippen LogP contribution is 2.36. The minimum absolute atomic E-state index is 0.395. The molecular weight excluding hydrogens is 390 g/mol. The first-order valence-corrected chi connectivity index (χ1v) is 11.5. The van der Waals surface area contributed by atoms with Crippen molar-refractivity contribution in [2.75, 3.05) is 0 Å². The molecule has 3 aromatic carbocycles. The molecule has 0 aliphatic rings. The average molecular weight is 424 g/mol. The van der Waals surface area contributed by atoms with E-state index in [-0.39, 0.29) is 0 Å². The maximum absolute atomic E-state index is 5.71. The van der Waals surface area contributed by atoms with Crippen LogP contribution in [0, 0.1) is 0 Å². The van der Waals surface area contributed by atoms with Gasteiger partial charge in [0.1, 0.15) is 12.4 Å². The molecule has 32 heavy (non-hydrogen) atoms. The maximum Gasteiger partial charge on any atom is 0.114 e. The summed E-state index contributed by atoms with van der Waals surface area (Å²) in [6, 6.07) is 26.8. The maximum atomic E-state index is 5.71. The Balaban J connectivity index is 1.55. The van der Waals surface area contributed by atoms with Gasteiger partial charge in [0.05, 0.1) is 0 Å². The zero-order valence-corrected chi connectivity index (χ0v) is 19.5. The largest absolute Gasteiger partial charge is 0.489 e. The summed E-state index contributed by atoms with van der Waals surface area (Å²) < 4.78 is 8.24. The van der Waals surface area contributed by atoms with Gasteiger partial charge in [0.2, 0.25) is 0 Å². The van der Waals surface area contributed by atoms with Crippen molar-refractivity contribution in [3.63, 3.8) is 0 Å². The third kappa shape index (κ3) is 4.36. The van der Waals surface area contributed by atoms with Gasteiger partial charge in [-0.3, -0.25) is 0 Å². The summed E-state index contributed by atoms with van der Waals surface area (Å²) in [5.74, 6) is 1.16. The van der Waals surface area contributed by atoms with Gasteiger partial charge in [-0.25, -0.2) is 0 Å². The molecule has 0 fully saturated rings.